The minimum Gasteiger partial charge on any atom is -0.382 e. The van der Waals surface area contributed by atoms with E-state index in [0.29, 0.717) is 79.3 Å². The molecule has 90 heavy (non-hydrogen) atoms. The van der Waals surface area contributed by atoms with Crippen molar-refractivity contribution >= 4 is 49.6 Å². The Balaban J connectivity index is 1.00. The van der Waals surface area contributed by atoms with Crippen LogP contribution < -0.4 is 4.90 Å². The first-order valence-corrected chi connectivity index (χ1v) is 31.8. The summed E-state index contributed by atoms with van der Waals surface area (Å²) in [5.74, 6) is 0. The summed E-state index contributed by atoms with van der Waals surface area (Å²) in [5, 5.41) is 4.85. The molecule has 2 aliphatic carbocycles. The number of ether oxygens (including phenoxy) is 8. The number of rotatable bonds is 30. The van der Waals surface area contributed by atoms with E-state index in [1.807, 2.05) is 0 Å². The van der Waals surface area contributed by atoms with Crippen molar-refractivity contribution in [3.05, 3.63) is 241 Å². The van der Waals surface area contributed by atoms with E-state index < -0.39 is 10.8 Å². The fourth-order valence-corrected chi connectivity index (χ4v) is 14.4. The zero-order chi connectivity index (χ0) is 61.3. The minimum absolute atomic E-state index is 0.427. The van der Waals surface area contributed by atoms with Crippen molar-refractivity contribution in [2.24, 2.45) is 0 Å². The van der Waals surface area contributed by atoms with Gasteiger partial charge in [0.2, 0.25) is 0 Å². The third kappa shape index (κ3) is 11.8. The van der Waals surface area contributed by atoms with Crippen molar-refractivity contribution in [3.63, 3.8) is 0 Å². The highest BCUT2D eigenvalue weighted by Gasteiger charge is 2.45. The Morgan fingerprint density at radius 1 is 0.300 bits per heavy atom. The first-order valence-electron chi connectivity index (χ1n) is 31.8. The second-order valence-electron chi connectivity index (χ2n) is 23.7. The lowest BCUT2D eigenvalue weighted by Gasteiger charge is -2.35. The van der Waals surface area contributed by atoms with Gasteiger partial charge in [0.1, 0.15) is 0 Å². The Morgan fingerprint density at radius 2 is 0.756 bits per heavy atom. The summed E-state index contributed by atoms with van der Waals surface area (Å²) in [6, 6.07) is 81.4. The van der Waals surface area contributed by atoms with Gasteiger partial charge in [-0.3, -0.25) is 0 Å². The number of benzene rings is 10. The van der Waals surface area contributed by atoms with Crippen LogP contribution in [0.4, 0.5) is 17.1 Å². The average Bonchev–Trinajstić information content (AvgIpc) is 1.57. The van der Waals surface area contributed by atoms with Crippen LogP contribution in [0.3, 0.4) is 0 Å². The molecule has 0 radical (unpaired) electrons. The van der Waals surface area contributed by atoms with Crippen molar-refractivity contribution in [1.29, 1.82) is 0 Å². The Bertz CT molecular complexity index is 4110. The molecule has 0 amide bonds. The molecule has 0 unspecified atom stereocenters. The standard InChI is InChI=1S/C80H80N2O8/c1-83-44-48-87-40-36-79(37-41-88-49-45-84-2)73-23-13-10-20-66(73)68-33-30-63(55-75(68)79)81(64-31-34-69-67-21-11-14-24-74(67)80(76(69)56-64,38-42-89-50-46-85-3)39-43-90-51-47-86-4)62-29-32-65(71(54-62)58-17-6-5-7-18-58)60-27-35-78-72(53-60)70-22-12-15-25-77(70)82(78)61-28-26-57-16-8-9-19-59(57)52-61/h5-35,52-56H,36-51H2,1-4H3. The second kappa shape index (κ2) is 27.9. The minimum atomic E-state index is -0.427. The first kappa shape index (κ1) is 60.6. The summed E-state index contributed by atoms with van der Waals surface area (Å²) in [5.41, 5.74) is 20.3. The van der Waals surface area contributed by atoms with Gasteiger partial charge in [0.25, 0.3) is 0 Å². The summed E-state index contributed by atoms with van der Waals surface area (Å²) in [4.78, 5) is 2.49. The first-order chi connectivity index (χ1) is 44.5. The second-order valence-corrected chi connectivity index (χ2v) is 23.7. The van der Waals surface area contributed by atoms with Gasteiger partial charge in [0.15, 0.2) is 0 Å². The van der Waals surface area contributed by atoms with Crippen molar-refractivity contribution in [2.75, 3.05) is 113 Å². The Morgan fingerprint density at radius 3 is 1.31 bits per heavy atom. The molecule has 1 aromatic heterocycles. The summed E-state index contributed by atoms with van der Waals surface area (Å²) in [6.07, 6.45) is 3.03. The quantitative estimate of drug-likeness (QED) is 0.0409. The number of hydrogen-bond acceptors (Lipinski definition) is 9. The molecule has 0 bridgehead atoms. The van der Waals surface area contributed by atoms with Gasteiger partial charge in [-0.2, -0.15) is 0 Å². The number of aromatic nitrogens is 1. The van der Waals surface area contributed by atoms with Crippen LogP contribution in [-0.2, 0) is 48.7 Å². The van der Waals surface area contributed by atoms with Gasteiger partial charge in [0, 0.05) is 99.2 Å². The SMILES string of the molecule is COCCOCCC1(CCOCCOC)c2ccccc2-c2ccc(N(c3ccc(-c4ccc5c(c4)c4ccccc4n5-c4ccc5ccccc5c4)c(-c4ccccc4)c3)c3ccc4c(c3)C(CCOCCOC)(CCOCCOC)c3ccccc3-4)cc21. The van der Waals surface area contributed by atoms with Gasteiger partial charge in [-0.05, 0) is 170 Å². The third-order valence-electron chi connectivity index (χ3n) is 18.8. The van der Waals surface area contributed by atoms with Crippen LogP contribution in [0, 0.1) is 0 Å². The zero-order valence-electron chi connectivity index (χ0n) is 52.3. The molecule has 10 nitrogen and oxygen atoms in total. The lowest BCUT2D eigenvalue weighted by molar-refractivity contribution is 0.0490. The van der Waals surface area contributed by atoms with Crippen molar-refractivity contribution in [2.45, 2.75) is 36.5 Å². The lowest BCUT2D eigenvalue weighted by Crippen LogP contribution is -2.30. The van der Waals surface area contributed by atoms with Crippen LogP contribution in [0.1, 0.15) is 47.9 Å². The molecule has 0 saturated carbocycles. The molecule has 458 valence electrons. The molecular formula is C80H80N2O8. The van der Waals surface area contributed by atoms with Crippen LogP contribution in [0.15, 0.2) is 218 Å². The van der Waals surface area contributed by atoms with E-state index in [1.54, 1.807) is 28.4 Å². The van der Waals surface area contributed by atoms with Crippen LogP contribution in [0.5, 0.6) is 0 Å². The van der Waals surface area contributed by atoms with Gasteiger partial charge in [0.05, 0.1) is 63.9 Å². The van der Waals surface area contributed by atoms with E-state index in [4.69, 9.17) is 37.9 Å². The van der Waals surface area contributed by atoms with E-state index in [2.05, 4.69) is 228 Å². The molecule has 10 heteroatoms. The van der Waals surface area contributed by atoms with Crippen LogP contribution >= 0.6 is 0 Å². The maximum absolute atomic E-state index is 6.39. The van der Waals surface area contributed by atoms with Gasteiger partial charge in [-0.15, -0.1) is 0 Å². The van der Waals surface area contributed by atoms with E-state index in [0.717, 1.165) is 76.2 Å². The molecule has 2 aliphatic rings. The third-order valence-corrected chi connectivity index (χ3v) is 18.8. The van der Waals surface area contributed by atoms with Gasteiger partial charge in [-0.1, -0.05) is 152 Å². The number of para-hydroxylation sites is 1. The smallest absolute Gasteiger partial charge is 0.0700 e. The fourth-order valence-electron chi connectivity index (χ4n) is 14.4. The number of fused-ring (bicyclic) bond motifs is 10. The van der Waals surface area contributed by atoms with Crippen LogP contribution in [0.25, 0.3) is 82.8 Å². The number of nitrogens with zero attached hydrogens (tertiary/aromatic N) is 2. The zero-order valence-corrected chi connectivity index (χ0v) is 52.3. The number of hydrogen-bond donors (Lipinski definition) is 0. The highest BCUT2D eigenvalue weighted by Crippen LogP contribution is 2.57. The topological polar surface area (TPSA) is 82.0 Å². The molecule has 0 N–H and O–H groups in total. The largest absolute Gasteiger partial charge is 0.382 e. The molecular weight excluding hydrogens is 1120 g/mol. The summed E-state index contributed by atoms with van der Waals surface area (Å²) in [7, 11) is 6.89. The predicted octanol–water partition coefficient (Wildman–Crippen LogP) is 17.5. The maximum Gasteiger partial charge on any atom is 0.0700 e. The lowest BCUT2D eigenvalue weighted by atomic mass is 9.73. The summed E-state index contributed by atoms with van der Waals surface area (Å²) < 4.78 is 49.8. The molecule has 1 heterocycles. The number of methoxy groups -OCH3 is 4. The highest BCUT2D eigenvalue weighted by molar-refractivity contribution is 6.11. The average molecular weight is 1200 g/mol. The fraction of sp³-hybridized carbons (Fsp3) is 0.275. The van der Waals surface area contributed by atoms with Crippen molar-refractivity contribution in [1.82, 2.24) is 4.57 Å². The normalized spacial score (nSPS) is 13.5. The molecule has 13 rings (SSSR count). The molecule has 0 aliphatic heterocycles. The molecule has 0 atom stereocenters. The maximum atomic E-state index is 6.39. The van der Waals surface area contributed by atoms with Crippen LogP contribution in [0.2, 0.25) is 0 Å². The Labute approximate surface area is 529 Å². The van der Waals surface area contributed by atoms with Crippen molar-refractivity contribution < 1.29 is 37.9 Å². The molecule has 11 aromatic rings. The summed E-state index contributed by atoms with van der Waals surface area (Å²) >= 11 is 0. The van der Waals surface area contributed by atoms with Gasteiger partial charge >= 0.3 is 0 Å². The van der Waals surface area contributed by atoms with E-state index in [-0.39, 0.29) is 0 Å². The van der Waals surface area contributed by atoms with Crippen LogP contribution in [-0.4, -0.2) is 112 Å². The highest BCUT2D eigenvalue weighted by atomic mass is 16.5. The van der Waals surface area contributed by atoms with Crippen molar-refractivity contribution in [3.8, 4) is 50.2 Å². The molecule has 0 saturated heterocycles. The summed E-state index contributed by atoms with van der Waals surface area (Å²) in [6.45, 7) is 6.41. The van der Waals surface area contributed by atoms with E-state index in [9.17, 15) is 0 Å². The van der Waals surface area contributed by atoms with Gasteiger partial charge in [-0.25, -0.2) is 0 Å². The van der Waals surface area contributed by atoms with E-state index in [1.165, 1.54) is 71.6 Å². The molecule has 10 aromatic carbocycles. The predicted molar refractivity (Wildman–Crippen MR) is 366 cm³/mol. The molecule has 0 spiro atoms. The van der Waals surface area contributed by atoms with E-state index >= 15 is 0 Å². The van der Waals surface area contributed by atoms with Gasteiger partial charge < -0.3 is 47.4 Å². The number of anilines is 3. The Hall–Kier alpha value is -8.26. The molecule has 0 fully saturated rings. The Kier molecular flexibility index (Phi) is 18.8. The monoisotopic (exact) mass is 1200 g/mol.